The minimum absolute atomic E-state index is 0.890. The van der Waals surface area contributed by atoms with Gasteiger partial charge in [-0.25, -0.2) is 0 Å². The zero-order valence-corrected chi connectivity index (χ0v) is 30.6. The van der Waals surface area contributed by atoms with Gasteiger partial charge in [-0.3, -0.25) is 0 Å². The fourth-order valence-electron chi connectivity index (χ4n) is 8.43. The van der Waals surface area contributed by atoms with E-state index < -0.39 is 0 Å². The van der Waals surface area contributed by atoms with Crippen LogP contribution < -0.4 is 4.90 Å². The molecule has 0 atom stereocenters. The van der Waals surface area contributed by atoms with Crippen molar-refractivity contribution in [2.45, 2.75) is 0 Å². The summed E-state index contributed by atoms with van der Waals surface area (Å²) in [4.78, 5) is 2.39. The van der Waals surface area contributed by atoms with Gasteiger partial charge in [0, 0.05) is 27.7 Å². The molecule has 2 nitrogen and oxygen atoms in total. The summed E-state index contributed by atoms with van der Waals surface area (Å²) < 4.78 is 6.50. The third-order valence-electron chi connectivity index (χ3n) is 11.2. The van der Waals surface area contributed by atoms with E-state index in [9.17, 15) is 0 Å². The molecule has 0 saturated heterocycles. The quantitative estimate of drug-likeness (QED) is 0.171. The van der Waals surface area contributed by atoms with E-state index in [-0.39, 0.29) is 0 Å². The summed E-state index contributed by atoms with van der Waals surface area (Å²) in [6.07, 6.45) is 0. The molecule has 11 rings (SSSR count). The first-order valence-corrected chi connectivity index (χ1v) is 19.2. The molecule has 0 fully saturated rings. The Morgan fingerprint density at radius 2 is 0.857 bits per heavy atom. The largest absolute Gasteiger partial charge is 0.456 e. The first-order valence-electron chi connectivity index (χ1n) is 19.2. The van der Waals surface area contributed by atoms with Gasteiger partial charge in [0.25, 0.3) is 0 Å². The molecule has 0 N–H and O–H groups in total. The van der Waals surface area contributed by atoms with Gasteiger partial charge in [-0.2, -0.15) is 0 Å². The van der Waals surface area contributed by atoms with Crippen LogP contribution in [0.5, 0.6) is 0 Å². The van der Waals surface area contributed by atoms with Crippen LogP contribution in [-0.4, -0.2) is 0 Å². The third kappa shape index (κ3) is 5.51. The Balaban J connectivity index is 1.08. The van der Waals surface area contributed by atoms with E-state index in [2.05, 4.69) is 217 Å². The molecule has 0 aliphatic rings. The molecular formula is C54H35NO. The number of furan rings is 1. The molecule has 1 heterocycles. The van der Waals surface area contributed by atoms with Gasteiger partial charge in [0.2, 0.25) is 0 Å². The van der Waals surface area contributed by atoms with Gasteiger partial charge < -0.3 is 9.32 Å². The minimum atomic E-state index is 0.890. The fraction of sp³-hybridized carbons (Fsp3) is 0. The van der Waals surface area contributed by atoms with Gasteiger partial charge in [0.1, 0.15) is 11.2 Å². The van der Waals surface area contributed by atoms with Crippen molar-refractivity contribution in [3.8, 4) is 33.4 Å². The summed E-state index contributed by atoms with van der Waals surface area (Å²) in [7, 11) is 0. The number of rotatable bonds is 6. The van der Waals surface area contributed by atoms with Crippen molar-refractivity contribution in [3.63, 3.8) is 0 Å². The van der Waals surface area contributed by atoms with Gasteiger partial charge in [-0.15, -0.1) is 0 Å². The first-order chi connectivity index (χ1) is 27.7. The highest BCUT2D eigenvalue weighted by atomic mass is 16.3. The Kier molecular flexibility index (Phi) is 7.53. The lowest BCUT2D eigenvalue weighted by molar-refractivity contribution is 0.669. The van der Waals surface area contributed by atoms with E-state index in [1.807, 2.05) is 0 Å². The smallest absolute Gasteiger partial charge is 0.136 e. The molecule has 10 aromatic carbocycles. The van der Waals surface area contributed by atoms with Crippen LogP contribution in [0, 0.1) is 0 Å². The number of benzene rings is 10. The van der Waals surface area contributed by atoms with Crippen LogP contribution in [0.2, 0.25) is 0 Å². The molecule has 56 heavy (non-hydrogen) atoms. The summed E-state index contributed by atoms with van der Waals surface area (Å²) in [6.45, 7) is 0. The van der Waals surface area contributed by atoms with Crippen molar-refractivity contribution < 1.29 is 4.42 Å². The zero-order chi connectivity index (χ0) is 37.0. The Hall–Kier alpha value is -7.42. The molecular weight excluding hydrogens is 679 g/mol. The summed E-state index contributed by atoms with van der Waals surface area (Å²) in [5.41, 5.74) is 12.0. The Labute approximate surface area is 325 Å². The number of hydrogen-bond donors (Lipinski definition) is 0. The minimum Gasteiger partial charge on any atom is -0.456 e. The highest BCUT2D eigenvalue weighted by Gasteiger charge is 2.20. The van der Waals surface area contributed by atoms with E-state index in [0.29, 0.717) is 0 Å². The monoisotopic (exact) mass is 713 g/mol. The molecule has 0 spiro atoms. The third-order valence-corrected chi connectivity index (χ3v) is 11.2. The molecule has 0 saturated carbocycles. The van der Waals surface area contributed by atoms with E-state index in [1.165, 1.54) is 49.0 Å². The number of anilines is 3. The Bertz CT molecular complexity index is 3270. The second-order valence-electron chi connectivity index (χ2n) is 14.6. The molecule has 0 aliphatic carbocycles. The molecule has 262 valence electrons. The van der Waals surface area contributed by atoms with Gasteiger partial charge >= 0.3 is 0 Å². The van der Waals surface area contributed by atoms with Crippen molar-refractivity contribution in [1.82, 2.24) is 0 Å². The lowest BCUT2D eigenvalue weighted by atomic mass is 9.89. The van der Waals surface area contributed by atoms with E-state index in [4.69, 9.17) is 4.42 Å². The normalized spacial score (nSPS) is 11.6. The van der Waals surface area contributed by atoms with Crippen LogP contribution in [0.15, 0.2) is 217 Å². The highest BCUT2D eigenvalue weighted by molar-refractivity contribution is 6.11. The Morgan fingerprint density at radius 3 is 1.64 bits per heavy atom. The summed E-state index contributed by atoms with van der Waals surface area (Å²) in [6, 6.07) is 76.7. The van der Waals surface area contributed by atoms with Crippen LogP contribution >= 0.6 is 0 Å². The topological polar surface area (TPSA) is 16.4 Å². The van der Waals surface area contributed by atoms with Crippen LogP contribution in [0.25, 0.3) is 87.6 Å². The predicted octanol–water partition coefficient (Wildman–Crippen LogP) is 15.5. The van der Waals surface area contributed by atoms with Crippen molar-refractivity contribution in [1.29, 1.82) is 0 Å². The maximum atomic E-state index is 6.50. The standard InChI is InChI=1S/C54H35NO/c1-2-20-45(21-3-1)55(46-22-12-19-38(30-46)43-27-28-48-51-33-41-17-8-9-18-42(41)34-54(51)56-53(48)35-43)52-24-11-10-23-47(52)50-32-40-16-7-6-15-39(40)31-49(50)44-26-25-36-13-4-5-14-37(36)29-44/h1-35H. The molecule has 0 aliphatic heterocycles. The second-order valence-corrected chi connectivity index (χ2v) is 14.6. The molecule has 0 radical (unpaired) electrons. The number of hydrogen-bond acceptors (Lipinski definition) is 2. The average Bonchev–Trinajstić information content (AvgIpc) is 3.62. The van der Waals surface area contributed by atoms with Crippen LogP contribution in [0.4, 0.5) is 17.1 Å². The highest BCUT2D eigenvalue weighted by Crippen LogP contribution is 2.46. The Morgan fingerprint density at radius 1 is 0.286 bits per heavy atom. The van der Waals surface area contributed by atoms with Crippen LogP contribution in [-0.2, 0) is 0 Å². The maximum Gasteiger partial charge on any atom is 0.136 e. The van der Waals surface area contributed by atoms with E-state index >= 15 is 0 Å². The molecule has 0 amide bonds. The van der Waals surface area contributed by atoms with Crippen LogP contribution in [0.1, 0.15) is 0 Å². The number of nitrogens with zero attached hydrogens (tertiary/aromatic N) is 1. The van der Waals surface area contributed by atoms with Crippen molar-refractivity contribution in [2.75, 3.05) is 4.90 Å². The van der Waals surface area contributed by atoms with Crippen molar-refractivity contribution in [3.05, 3.63) is 212 Å². The lowest BCUT2D eigenvalue weighted by Gasteiger charge is -2.29. The fourth-order valence-corrected chi connectivity index (χ4v) is 8.43. The summed E-state index contributed by atoms with van der Waals surface area (Å²) in [5, 5.41) is 9.57. The molecule has 1 aromatic heterocycles. The second kappa shape index (κ2) is 13.2. The number of fused-ring (bicyclic) bond motifs is 6. The first kappa shape index (κ1) is 32.0. The molecule has 11 aromatic rings. The molecule has 2 heteroatoms. The lowest BCUT2D eigenvalue weighted by Crippen LogP contribution is -2.11. The SMILES string of the molecule is c1ccc(N(c2cccc(-c3ccc4c(c3)oc3cc5ccccc5cc34)c2)c2ccccc2-c2cc3ccccc3cc2-c2ccc3ccccc3c2)cc1. The molecule has 0 bridgehead atoms. The average molecular weight is 714 g/mol. The van der Waals surface area contributed by atoms with Crippen LogP contribution in [0.3, 0.4) is 0 Å². The van der Waals surface area contributed by atoms with Crippen molar-refractivity contribution in [2.24, 2.45) is 0 Å². The van der Waals surface area contributed by atoms with Gasteiger partial charge in [0.05, 0.1) is 5.69 Å². The summed E-state index contributed by atoms with van der Waals surface area (Å²) in [5.74, 6) is 0. The molecule has 0 unspecified atom stereocenters. The van der Waals surface area contributed by atoms with E-state index in [0.717, 1.165) is 55.7 Å². The zero-order valence-electron chi connectivity index (χ0n) is 30.6. The number of para-hydroxylation sites is 2. The van der Waals surface area contributed by atoms with Gasteiger partial charge in [-0.1, -0.05) is 140 Å². The van der Waals surface area contributed by atoms with Crippen molar-refractivity contribution >= 4 is 71.3 Å². The van der Waals surface area contributed by atoms with Gasteiger partial charge in [0.15, 0.2) is 0 Å². The predicted molar refractivity (Wildman–Crippen MR) is 237 cm³/mol. The van der Waals surface area contributed by atoms with E-state index in [1.54, 1.807) is 0 Å². The maximum absolute atomic E-state index is 6.50. The summed E-state index contributed by atoms with van der Waals surface area (Å²) >= 11 is 0. The van der Waals surface area contributed by atoms with Gasteiger partial charge in [-0.05, 0) is 133 Å².